The van der Waals surface area contributed by atoms with Gasteiger partial charge in [0.25, 0.3) is 0 Å². The quantitative estimate of drug-likeness (QED) is 0.817. The Morgan fingerprint density at radius 2 is 2.33 bits per heavy atom. The first-order valence-electron chi connectivity index (χ1n) is 4.35. The molecule has 0 aliphatic heterocycles. The highest BCUT2D eigenvalue weighted by molar-refractivity contribution is 6.32. The van der Waals surface area contributed by atoms with Gasteiger partial charge in [-0.25, -0.2) is 0 Å². The van der Waals surface area contributed by atoms with Crippen LogP contribution < -0.4 is 10.5 Å². The largest absolute Gasteiger partial charge is 0.495 e. The molecule has 0 bridgehead atoms. The molecule has 82 valence electrons. The molecular formula is C10H12ClNO3. The van der Waals surface area contributed by atoms with Crippen molar-refractivity contribution in [2.24, 2.45) is 5.73 Å². The van der Waals surface area contributed by atoms with Gasteiger partial charge in [-0.1, -0.05) is 17.7 Å². The number of aliphatic carboxylic acids is 1. The molecule has 0 saturated heterocycles. The van der Waals surface area contributed by atoms with Crippen molar-refractivity contribution in [1.82, 2.24) is 0 Å². The molecule has 1 rings (SSSR count). The number of carbonyl (C=O) groups is 1. The van der Waals surface area contributed by atoms with Crippen molar-refractivity contribution >= 4 is 17.6 Å². The lowest BCUT2D eigenvalue weighted by molar-refractivity contribution is -0.138. The van der Waals surface area contributed by atoms with E-state index in [0.29, 0.717) is 10.8 Å². The summed E-state index contributed by atoms with van der Waals surface area (Å²) >= 11 is 5.82. The molecule has 0 fully saturated rings. The molecule has 0 saturated carbocycles. The van der Waals surface area contributed by atoms with Crippen molar-refractivity contribution in [1.29, 1.82) is 0 Å². The number of rotatable bonds is 4. The Balaban J connectivity index is 2.83. The first kappa shape index (κ1) is 11.8. The van der Waals surface area contributed by atoms with Crippen molar-refractivity contribution in [3.05, 3.63) is 28.8 Å². The molecule has 0 aliphatic carbocycles. The minimum absolute atomic E-state index is 0.253. The lowest BCUT2D eigenvalue weighted by Gasteiger charge is -2.08. The smallest absolute Gasteiger partial charge is 0.320 e. The van der Waals surface area contributed by atoms with Crippen LogP contribution in [0.2, 0.25) is 5.02 Å². The molecule has 5 heteroatoms. The molecule has 0 aromatic heterocycles. The molecule has 3 N–H and O–H groups in total. The van der Waals surface area contributed by atoms with Crippen LogP contribution in [-0.4, -0.2) is 24.2 Å². The second-order valence-electron chi connectivity index (χ2n) is 3.12. The Kier molecular flexibility index (Phi) is 3.94. The first-order chi connectivity index (χ1) is 7.04. The summed E-state index contributed by atoms with van der Waals surface area (Å²) in [5.41, 5.74) is 6.19. The molecule has 0 heterocycles. The van der Waals surface area contributed by atoms with E-state index in [-0.39, 0.29) is 6.42 Å². The van der Waals surface area contributed by atoms with Crippen molar-refractivity contribution in [3.63, 3.8) is 0 Å². The second kappa shape index (κ2) is 5.00. The Hall–Kier alpha value is -1.26. The van der Waals surface area contributed by atoms with Gasteiger partial charge >= 0.3 is 5.97 Å². The molecule has 0 spiro atoms. The summed E-state index contributed by atoms with van der Waals surface area (Å²) < 4.78 is 5.01. The molecule has 1 aromatic rings. The van der Waals surface area contributed by atoms with E-state index in [1.165, 1.54) is 7.11 Å². The number of hydrogen-bond acceptors (Lipinski definition) is 3. The molecule has 0 aliphatic rings. The number of methoxy groups -OCH3 is 1. The highest BCUT2D eigenvalue weighted by Crippen LogP contribution is 2.25. The van der Waals surface area contributed by atoms with Gasteiger partial charge in [-0.05, 0) is 24.1 Å². The summed E-state index contributed by atoms with van der Waals surface area (Å²) in [5.74, 6) is -0.504. The van der Waals surface area contributed by atoms with Crippen molar-refractivity contribution in [3.8, 4) is 5.75 Å². The topological polar surface area (TPSA) is 72.5 Å². The van der Waals surface area contributed by atoms with E-state index in [4.69, 9.17) is 27.2 Å². The highest BCUT2D eigenvalue weighted by Gasteiger charge is 2.13. The predicted molar refractivity (Wildman–Crippen MR) is 57.3 cm³/mol. The molecule has 15 heavy (non-hydrogen) atoms. The van der Waals surface area contributed by atoms with Crippen LogP contribution in [-0.2, 0) is 11.2 Å². The number of carboxylic acids is 1. The fourth-order valence-electron chi connectivity index (χ4n) is 1.17. The molecular weight excluding hydrogens is 218 g/mol. The van der Waals surface area contributed by atoms with Crippen molar-refractivity contribution in [2.45, 2.75) is 12.5 Å². The zero-order chi connectivity index (χ0) is 11.4. The summed E-state index contributed by atoms with van der Waals surface area (Å²) in [5, 5.41) is 9.13. The lowest BCUT2D eigenvalue weighted by Crippen LogP contribution is -2.32. The lowest BCUT2D eigenvalue weighted by atomic mass is 10.1. The Bertz CT molecular complexity index is 368. The fourth-order valence-corrected chi connectivity index (χ4v) is 1.37. The van der Waals surface area contributed by atoms with Gasteiger partial charge in [-0.2, -0.15) is 0 Å². The van der Waals surface area contributed by atoms with Gasteiger partial charge in [0.05, 0.1) is 12.1 Å². The third-order valence-corrected chi connectivity index (χ3v) is 2.30. The van der Waals surface area contributed by atoms with Crippen LogP contribution in [0.15, 0.2) is 18.2 Å². The van der Waals surface area contributed by atoms with Gasteiger partial charge in [-0.3, -0.25) is 4.79 Å². The molecule has 0 radical (unpaired) electrons. The fraction of sp³-hybridized carbons (Fsp3) is 0.300. The molecule has 0 amide bonds. The Morgan fingerprint density at radius 3 is 2.87 bits per heavy atom. The average molecular weight is 230 g/mol. The van der Waals surface area contributed by atoms with Crippen LogP contribution in [0.25, 0.3) is 0 Å². The maximum absolute atomic E-state index is 10.5. The van der Waals surface area contributed by atoms with E-state index in [1.54, 1.807) is 18.2 Å². The van der Waals surface area contributed by atoms with E-state index in [9.17, 15) is 4.79 Å². The van der Waals surface area contributed by atoms with Crippen LogP contribution in [0, 0.1) is 0 Å². The van der Waals surface area contributed by atoms with E-state index >= 15 is 0 Å². The number of benzene rings is 1. The Labute approximate surface area is 92.6 Å². The standard InChI is InChI=1S/C10H12ClNO3/c1-15-9-5-6(2-3-7(9)11)4-8(12)10(13)14/h2-3,5,8H,4,12H2,1H3,(H,13,14). The maximum atomic E-state index is 10.5. The maximum Gasteiger partial charge on any atom is 0.320 e. The van der Waals surface area contributed by atoms with Crippen LogP contribution >= 0.6 is 11.6 Å². The van der Waals surface area contributed by atoms with Gasteiger partial charge in [0.15, 0.2) is 0 Å². The van der Waals surface area contributed by atoms with Gasteiger partial charge in [0.2, 0.25) is 0 Å². The van der Waals surface area contributed by atoms with Crippen LogP contribution in [0.4, 0.5) is 0 Å². The first-order valence-corrected chi connectivity index (χ1v) is 4.73. The van der Waals surface area contributed by atoms with Gasteiger partial charge in [0, 0.05) is 0 Å². The molecule has 1 atom stereocenters. The van der Waals surface area contributed by atoms with Crippen molar-refractivity contribution < 1.29 is 14.6 Å². The van der Waals surface area contributed by atoms with E-state index in [1.807, 2.05) is 0 Å². The second-order valence-corrected chi connectivity index (χ2v) is 3.52. The summed E-state index contributed by atoms with van der Waals surface area (Å²) in [6, 6.07) is 4.17. The van der Waals surface area contributed by atoms with Crippen LogP contribution in [0.1, 0.15) is 5.56 Å². The average Bonchev–Trinajstić information content (AvgIpc) is 2.20. The Morgan fingerprint density at radius 1 is 1.67 bits per heavy atom. The number of carboxylic acid groups (broad SMARTS) is 1. The summed E-state index contributed by atoms with van der Waals surface area (Å²) in [7, 11) is 1.50. The molecule has 4 nitrogen and oxygen atoms in total. The third-order valence-electron chi connectivity index (χ3n) is 1.99. The summed E-state index contributed by atoms with van der Waals surface area (Å²) in [6.07, 6.45) is 0.253. The number of nitrogens with two attached hydrogens (primary N) is 1. The van der Waals surface area contributed by atoms with Gasteiger partial charge in [0.1, 0.15) is 11.8 Å². The summed E-state index contributed by atoms with van der Waals surface area (Å²) in [4.78, 5) is 10.5. The monoisotopic (exact) mass is 229 g/mol. The number of halogens is 1. The van der Waals surface area contributed by atoms with E-state index < -0.39 is 12.0 Å². The highest BCUT2D eigenvalue weighted by atomic mass is 35.5. The van der Waals surface area contributed by atoms with Gasteiger partial charge < -0.3 is 15.6 Å². The predicted octanol–water partition coefficient (Wildman–Crippen LogP) is 1.30. The minimum Gasteiger partial charge on any atom is -0.495 e. The number of hydrogen-bond donors (Lipinski definition) is 2. The summed E-state index contributed by atoms with van der Waals surface area (Å²) in [6.45, 7) is 0. The van der Waals surface area contributed by atoms with Gasteiger partial charge in [-0.15, -0.1) is 0 Å². The van der Waals surface area contributed by atoms with E-state index in [2.05, 4.69) is 0 Å². The normalized spacial score (nSPS) is 12.2. The zero-order valence-corrected chi connectivity index (χ0v) is 8.99. The van der Waals surface area contributed by atoms with Crippen LogP contribution in [0.3, 0.4) is 0 Å². The number of ether oxygens (including phenoxy) is 1. The van der Waals surface area contributed by atoms with E-state index in [0.717, 1.165) is 5.56 Å². The minimum atomic E-state index is -1.02. The van der Waals surface area contributed by atoms with Crippen LogP contribution in [0.5, 0.6) is 5.75 Å². The zero-order valence-electron chi connectivity index (χ0n) is 8.24. The third kappa shape index (κ3) is 3.11. The molecule has 1 aromatic carbocycles. The van der Waals surface area contributed by atoms with Crippen molar-refractivity contribution in [2.75, 3.05) is 7.11 Å². The SMILES string of the molecule is COc1cc(CC(N)C(=O)O)ccc1Cl. The molecule has 1 unspecified atom stereocenters.